The largest absolute Gasteiger partial charge is 0.493 e. The van der Waals surface area contributed by atoms with E-state index in [9.17, 15) is 13.6 Å². The van der Waals surface area contributed by atoms with Crippen molar-refractivity contribution >= 4 is 11.6 Å². The lowest BCUT2D eigenvalue weighted by Gasteiger charge is -2.11. The molecule has 0 saturated carbocycles. The van der Waals surface area contributed by atoms with Crippen LogP contribution in [-0.2, 0) is 6.42 Å². The fourth-order valence-corrected chi connectivity index (χ4v) is 3.36. The van der Waals surface area contributed by atoms with E-state index in [1.165, 1.54) is 19.4 Å². The van der Waals surface area contributed by atoms with E-state index in [4.69, 9.17) is 4.74 Å². The SMILES string of the molecule is COc1cc(CCNC(=O)c2cnn3c(-c4ccccc4)ccnc23)ccc1OC(F)F. The van der Waals surface area contributed by atoms with Crippen molar-refractivity contribution in [3.8, 4) is 22.8 Å². The van der Waals surface area contributed by atoms with Crippen LogP contribution in [0.4, 0.5) is 8.78 Å². The number of carbonyl (C=O) groups excluding carboxylic acids is 1. The highest BCUT2D eigenvalue weighted by Crippen LogP contribution is 2.29. The van der Waals surface area contributed by atoms with Gasteiger partial charge in [0.05, 0.1) is 19.0 Å². The van der Waals surface area contributed by atoms with E-state index in [0.717, 1.165) is 16.8 Å². The second kappa shape index (κ2) is 9.42. The average Bonchev–Trinajstić information content (AvgIpc) is 3.24. The molecular weight excluding hydrogens is 418 g/mol. The van der Waals surface area contributed by atoms with E-state index < -0.39 is 6.61 Å². The molecule has 2 heterocycles. The summed E-state index contributed by atoms with van der Waals surface area (Å²) in [5, 5.41) is 7.18. The molecule has 2 aromatic carbocycles. The maximum absolute atomic E-state index is 12.7. The van der Waals surface area contributed by atoms with Gasteiger partial charge in [0.15, 0.2) is 17.1 Å². The number of rotatable bonds is 8. The maximum Gasteiger partial charge on any atom is 0.387 e. The molecule has 1 amide bonds. The van der Waals surface area contributed by atoms with Crippen LogP contribution in [0.25, 0.3) is 16.9 Å². The Bertz CT molecular complexity index is 1230. The van der Waals surface area contributed by atoms with E-state index in [2.05, 4.69) is 20.1 Å². The Balaban J connectivity index is 1.45. The summed E-state index contributed by atoms with van der Waals surface area (Å²) < 4.78 is 36.1. The Kier molecular flexibility index (Phi) is 6.25. The van der Waals surface area contributed by atoms with Crippen molar-refractivity contribution in [3.63, 3.8) is 0 Å². The van der Waals surface area contributed by atoms with Gasteiger partial charge in [0.25, 0.3) is 5.91 Å². The molecule has 164 valence electrons. The predicted octanol–water partition coefficient (Wildman–Crippen LogP) is 3.98. The van der Waals surface area contributed by atoms with Crippen LogP contribution < -0.4 is 14.8 Å². The number of alkyl halides is 2. The molecule has 0 aliphatic carbocycles. The Labute approximate surface area is 182 Å². The molecule has 4 aromatic rings. The van der Waals surface area contributed by atoms with Crippen molar-refractivity contribution in [2.45, 2.75) is 13.0 Å². The number of fused-ring (bicyclic) bond motifs is 1. The number of halogens is 2. The van der Waals surface area contributed by atoms with Gasteiger partial charge in [-0.15, -0.1) is 0 Å². The molecular formula is C23H20F2N4O3. The molecule has 0 spiro atoms. The molecule has 9 heteroatoms. The number of carbonyl (C=O) groups is 1. The normalized spacial score (nSPS) is 11.0. The van der Waals surface area contributed by atoms with Crippen LogP contribution in [0.1, 0.15) is 15.9 Å². The van der Waals surface area contributed by atoms with E-state index in [1.54, 1.807) is 22.8 Å². The van der Waals surface area contributed by atoms with Crippen LogP contribution in [0, 0.1) is 0 Å². The highest BCUT2D eigenvalue weighted by molar-refractivity contribution is 5.99. The molecule has 4 rings (SSSR count). The second-order valence-electron chi connectivity index (χ2n) is 6.86. The molecule has 0 fully saturated rings. The predicted molar refractivity (Wildman–Crippen MR) is 114 cm³/mol. The van der Waals surface area contributed by atoms with Gasteiger partial charge in [-0.1, -0.05) is 36.4 Å². The Morgan fingerprint density at radius 2 is 1.94 bits per heavy atom. The number of ether oxygens (including phenoxy) is 2. The lowest BCUT2D eigenvalue weighted by Crippen LogP contribution is -2.25. The number of amides is 1. The summed E-state index contributed by atoms with van der Waals surface area (Å²) in [7, 11) is 1.38. The van der Waals surface area contributed by atoms with Crippen LogP contribution in [0.5, 0.6) is 11.5 Å². The van der Waals surface area contributed by atoms with Gasteiger partial charge in [0.2, 0.25) is 0 Å². The number of methoxy groups -OCH3 is 1. The molecule has 0 aliphatic rings. The number of hydrogen-bond acceptors (Lipinski definition) is 5. The molecule has 7 nitrogen and oxygen atoms in total. The van der Waals surface area contributed by atoms with Crippen LogP contribution in [0.2, 0.25) is 0 Å². The van der Waals surface area contributed by atoms with Crippen molar-refractivity contribution in [2.24, 2.45) is 0 Å². The number of aromatic nitrogens is 3. The number of benzene rings is 2. The van der Waals surface area contributed by atoms with Crippen molar-refractivity contribution in [2.75, 3.05) is 13.7 Å². The zero-order valence-corrected chi connectivity index (χ0v) is 17.2. The molecule has 0 unspecified atom stereocenters. The van der Waals surface area contributed by atoms with Crippen molar-refractivity contribution in [1.82, 2.24) is 19.9 Å². The number of hydrogen-bond donors (Lipinski definition) is 1. The first-order valence-corrected chi connectivity index (χ1v) is 9.85. The van der Waals surface area contributed by atoms with Gasteiger partial charge >= 0.3 is 6.61 Å². The first kappa shape index (κ1) is 21.2. The minimum Gasteiger partial charge on any atom is -0.493 e. The van der Waals surface area contributed by atoms with E-state index in [1.807, 2.05) is 36.4 Å². The molecule has 32 heavy (non-hydrogen) atoms. The third-order valence-electron chi connectivity index (χ3n) is 4.86. The minimum atomic E-state index is -2.93. The molecule has 2 aromatic heterocycles. The van der Waals surface area contributed by atoms with Crippen molar-refractivity contribution in [3.05, 3.63) is 78.1 Å². The molecule has 0 aliphatic heterocycles. The zero-order valence-electron chi connectivity index (χ0n) is 17.2. The summed E-state index contributed by atoms with van der Waals surface area (Å²) in [6.45, 7) is -2.61. The first-order chi connectivity index (χ1) is 15.6. The van der Waals surface area contributed by atoms with Crippen LogP contribution in [0.15, 0.2) is 67.0 Å². The summed E-state index contributed by atoms with van der Waals surface area (Å²) in [6, 6.07) is 16.2. The lowest BCUT2D eigenvalue weighted by molar-refractivity contribution is -0.0512. The van der Waals surface area contributed by atoms with E-state index >= 15 is 0 Å². The van der Waals surface area contributed by atoms with Gasteiger partial charge in [-0.05, 0) is 30.2 Å². The first-order valence-electron chi connectivity index (χ1n) is 9.85. The second-order valence-corrected chi connectivity index (χ2v) is 6.86. The maximum atomic E-state index is 12.7. The van der Waals surface area contributed by atoms with Crippen LogP contribution in [-0.4, -0.2) is 40.8 Å². The average molecular weight is 438 g/mol. The number of nitrogens with zero attached hydrogens (tertiary/aromatic N) is 3. The third kappa shape index (κ3) is 4.51. The third-order valence-corrected chi connectivity index (χ3v) is 4.86. The standard InChI is InChI=1S/C23H20F2N4O3/c1-31-20-13-15(7-8-19(20)32-23(24)25)9-11-27-22(30)17-14-28-29-18(10-12-26-21(17)29)16-5-3-2-4-6-16/h2-8,10,12-14,23H,9,11H2,1H3,(H,27,30). The lowest BCUT2D eigenvalue weighted by atomic mass is 10.1. The summed E-state index contributed by atoms with van der Waals surface area (Å²) >= 11 is 0. The summed E-state index contributed by atoms with van der Waals surface area (Å²) in [6.07, 6.45) is 3.61. The Hall–Kier alpha value is -4.01. The van der Waals surface area contributed by atoms with Crippen LogP contribution >= 0.6 is 0 Å². The number of nitrogens with one attached hydrogen (secondary N) is 1. The Morgan fingerprint density at radius 3 is 2.69 bits per heavy atom. The topological polar surface area (TPSA) is 77.8 Å². The quantitative estimate of drug-likeness (QED) is 0.450. The molecule has 1 N–H and O–H groups in total. The van der Waals surface area contributed by atoms with E-state index in [0.29, 0.717) is 24.2 Å². The van der Waals surface area contributed by atoms with E-state index in [-0.39, 0.29) is 17.4 Å². The molecule has 0 radical (unpaired) electrons. The minimum absolute atomic E-state index is 0.0399. The molecule has 0 bridgehead atoms. The zero-order chi connectivity index (χ0) is 22.5. The van der Waals surface area contributed by atoms with Gasteiger partial charge in [-0.2, -0.15) is 13.9 Å². The van der Waals surface area contributed by atoms with Gasteiger partial charge in [-0.3, -0.25) is 4.79 Å². The van der Waals surface area contributed by atoms with Crippen molar-refractivity contribution in [1.29, 1.82) is 0 Å². The highest BCUT2D eigenvalue weighted by Gasteiger charge is 2.16. The molecule has 0 saturated heterocycles. The van der Waals surface area contributed by atoms with Gasteiger partial charge in [0.1, 0.15) is 5.56 Å². The summed E-state index contributed by atoms with van der Waals surface area (Å²) in [5.74, 6) is -0.140. The summed E-state index contributed by atoms with van der Waals surface area (Å²) in [4.78, 5) is 17.0. The molecule has 0 atom stereocenters. The smallest absolute Gasteiger partial charge is 0.387 e. The van der Waals surface area contributed by atoms with Gasteiger partial charge < -0.3 is 14.8 Å². The van der Waals surface area contributed by atoms with Gasteiger partial charge in [-0.25, -0.2) is 9.50 Å². The monoisotopic (exact) mass is 438 g/mol. The van der Waals surface area contributed by atoms with Gasteiger partial charge in [0, 0.05) is 18.3 Å². The van der Waals surface area contributed by atoms with Crippen molar-refractivity contribution < 1.29 is 23.0 Å². The fourth-order valence-electron chi connectivity index (χ4n) is 3.36. The van der Waals surface area contributed by atoms with Crippen LogP contribution in [0.3, 0.4) is 0 Å². The fraction of sp³-hybridized carbons (Fsp3) is 0.174. The summed E-state index contributed by atoms with van der Waals surface area (Å²) in [5.41, 5.74) is 3.41. The Morgan fingerprint density at radius 1 is 1.12 bits per heavy atom. The highest BCUT2D eigenvalue weighted by atomic mass is 19.3.